The van der Waals surface area contributed by atoms with Gasteiger partial charge in [0.15, 0.2) is 0 Å². The summed E-state index contributed by atoms with van der Waals surface area (Å²) in [4.78, 5) is -0.279. The Kier molecular flexibility index (Phi) is 4.54. The van der Waals surface area contributed by atoms with Gasteiger partial charge in [-0.2, -0.15) is 4.31 Å². The number of sulfonamides is 1. The molecule has 0 aliphatic heterocycles. The fourth-order valence-corrected chi connectivity index (χ4v) is 3.41. The second kappa shape index (κ2) is 5.44. The lowest BCUT2D eigenvalue weighted by Gasteiger charge is -2.27. The van der Waals surface area contributed by atoms with Crippen LogP contribution >= 0.6 is 0 Å². The van der Waals surface area contributed by atoms with Gasteiger partial charge in [-0.05, 0) is 26.0 Å². The van der Waals surface area contributed by atoms with Crippen molar-refractivity contribution in [2.24, 2.45) is 0 Å². The number of nitrogens with zero attached hydrogens (tertiary/aromatic N) is 1. The second-order valence-corrected chi connectivity index (χ2v) is 6.80. The highest BCUT2D eigenvalue weighted by Gasteiger charge is 2.30. The minimum Gasteiger partial charge on any atom is -0.395 e. The monoisotopic (exact) mass is 290 g/mol. The third kappa shape index (κ3) is 3.65. The molecule has 19 heavy (non-hydrogen) atoms. The standard InChI is InChI=1S/C12H19FN2O3S/c1-4-15(8-12(2,3)16)19(17,18)10-7-5-6-9(13)11(10)14/h5-7,16H,4,8,14H2,1-3H3. The highest BCUT2D eigenvalue weighted by Crippen LogP contribution is 2.25. The predicted octanol–water partition coefficient (Wildman–Crippen LogP) is 1.19. The van der Waals surface area contributed by atoms with Crippen LogP contribution in [0.5, 0.6) is 0 Å². The Morgan fingerprint density at radius 2 is 2.00 bits per heavy atom. The van der Waals surface area contributed by atoms with Crippen molar-refractivity contribution in [1.29, 1.82) is 0 Å². The van der Waals surface area contributed by atoms with Crippen molar-refractivity contribution in [3.05, 3.63) is 24.0 Å². The van der Waals surface area contributed by atoms with Crippen LogP contribution in [0, 0.1) is 5.82 Å². The van der Waals surface area contributed by atoms with Gasteiger partial charge in [-0.1, -0.05) is 13.0 Å². The van der Waals surface area contributed by atoms with Crippen LogP contribution in [-0.4, -0.2) is 36.5 Å². The lowest BCUT2D eigenvalue weighted by atomic mass is 10.1. The summed E-state index contributed by atoms with van der Waals surface area (Å²) in [6.45, 7) is 4.70. The largest absolute Gasteiger partial charge is 0.395 e. The molecule has 3 N–H and O–H groups in total. The van der Waals surface area contributed by atoms with Crippen LogP contribution in [0.4, 0.5) is 10.1 Å². The molecule has 0 amide bonds. The Hall–Kier alpha value is -1.18. The number of likely N-dealkylation sites (N-methyl/N-ethyl adjacent to an activating group) is 1. The van der Waals surface area contributed by atoms with E-state index in [4.69, 9.17) is 5.73 Å². The van der Waals surface area contributed by atoms with Crippen molar-refractivity contribution < 1.29 is 17.9 Å². The molecule has 0 aromatic heterocycles. The van der Waals surface area contributed by atoms with E-state index < -0.39 is 27.1 Å². The van der Waals surface area contributed by atoms with Crippen molar-refractivity contribution in [1.82, 2.24) is 4.31 Å². The molecular formula is C12H19FN2O3S. The molecule has 108 valence electrons. The van der Waals surface area contributed by atoms with Gasteiger partial charge in [-0.3, -0.25) is 0 Å². The van der Waals surface area contributed by atoms with Crippen LogP contribution in [0.3, 0.4) is 0 Å². The topological polar surface area (TPSA) is 83.6 Å². The van der Waals surface area contributed by atoms with Crippen molar-refractivity contribution in [2.75, 3.05) is 18.8 Å². The Bertz CT molecular complexity index is 553. The molecule has 0 spiro atoms. The molecule has 0 heterocycles. The average molecular weight is 290 g/mol. The molecule has 7 heteroatoms. The van der Waals surface area contributed by atoms with E-state index in [1.54, 1.807) is 6.92 Å². The first-order valence-corrected chi connectivity index (χ1v) is 7.30. The van der Waals surface area contributed by atoms with E-state index in [0.717, 1.165) is 10.4 Å². The summed E-state index contributed by atoms with van der Waals surface area (Å²) in [7, 11) is -3.93. The normalized spacial score (nSPS) is 12.9. The van der Waals surface area contributed by atoms with Crippen molar-refractivity contribution >= 4 is 15.7 Å². The second-order valence-electron chi connectivity index (χ2n) is 4.90. The van der Waals surface area contributed by atoms with Crippen molar-refractivity contribution in [2.45, 2.75) is 31.3 Å². The summed E-state index contributed by atoms with van der Waals surface area (Å²) in [6, 6.07) is 3.64. The summed E-state index contributed by atoms with van der Waals surface area (Å²) < 4.78 is 39.2. The summed E-state index contributed by atoms with van der Waals surface area (Å²) in [5, 5.41) is 9.74. The summed E-state index contributed by atoms with van der Waals surface area (Å²) in [5.41, 5.74) is 3.89. The number of nitrogens with two attached hydrogens (primary N) is 1. The maximum atomic E-state index is 13.4. The number of para-hydroxylation sites is 1. The van der Waals surface area contributed by atoms with Gasteiger partial charge < -0.3 is 10.8 Å². The number of hydrogen-bond donors (Lipinski definition) is 2. The quantitative estimate of drug-likeness (QED) is 0.798. The molecule has 0 fully saturated rings. The van der Waals surface area contributed by atoms with Gasteiger partial charge in [0, 0.05) is 13.1 Å². The summed E-state index contributed by atoms with van der Waals surface area (Å²) in [6.07, 6.45) is 0. The Balaban J connectivity index is 3.25. The van der Waals surface area contributed by atoms with Crippen molar-refractivity contribution in [3.63, 3.8) is 0 Å². The first-order valence-electron chi connectivity index (χ1n) is 5.86. The summed E-state index contributed by atoms with van der Waals surface area (Å²) >= 11 is 0. The molecule has 0 saturated heterocycles. The molecule has 0 radical (unpaired) electrons. The third-order valence-electron chi connectivity index (χ3n) is 2.55. The first-order chi connectivity index (χ1) is 8.59. The number of benzene rings is 1. The van der Waals surface area contributed by atoms with Crippen LogP contribution in [0.25, 0.3) is 0 Å². The van der Waals surface area contributed by atoms with Gasteiger partial charge in [0.2, 0.25) is 10.0 Å². The molecular weight excluding hydrogens is 271 g/mol. The molecule has 0 unspecified atom stereocenters. The fraction of sp³-hybridized carbons (Fsp3) is 0.500. The Morgan fingerprint density at radius 1 is 1.42 bits per heavy atom. The SMILES string of the molecule is CCN(CC(C)(C)O)S(=O)(=O)c1cccc(F)c1N. The molecule has 0 aliphatic carbocycles. The zero-order chi connectivity index (χ0) is 14.8. The third-order valence-corrected chi connectivity index (χ3v) is 4.53. The highest BCUT2D eigenvalue weighted by atomic mass is 32.2. The van der Waals surface area contributed by atoms with E-state index in [-0.39, 0.29) is 18.0 Å². The van der Waals surface area contributed by atoms with Gasteiger partial charge in [0.05, 0.1) is 11.3 Å². The van der Waals surface area contributed by atoms with Gasteiger partial charge in [-0.15, -0.1) is 0 Å². The van der Waals surface area contributed by atoms with Crippen LogP contribution < -0.4 is 5.73 Å². The smallest absolute Gasteiger partial charge is 0.245 e. The number of anilines is 1. The zero-order valence-electron chi connectivity index (χ0n) is 11.2. The molecule has 0 atom stereocenters. The van der Waals surface area contributed by atoms with Gasteiger partial charge in [0.1, 0.15) is 10.7 Å². The number of halogens is 1. The summed E-state index contributed by atoms with van der Waals surface area (Å²) in [5.74, 6) is -0.777. The molecule has 0 saturated carbocycles. The predicted molar refractivity (Wildman–Crippen MR) is 71.5 cm³/mol. The molecule has 1 rings (SSSR count). The Labute approximate surface area is 112 Å². The Morgan fingerprint density at radius 3 is 2.47 bits per heavy atom. The number of hydrogen-bond acceptors (Lipinski definition) is 4. The highest BCUT2D eigenvalue weighted by molar-refractivity contribution is 7.89. The maximum Gasteiger partial charge on any atom is 0.245 e. The van der Waals surface area contributed by atoms with Crippen LogP contribution in [0.15, 0.2) is 23.1 Å². The van der Waals surface area contributed by atoms with Crippen LogP contribution in [0.2, 0.25) is 0 Å². The van der Waals surface area contributed by atoms with Crippen molar-refractivity contribution in [3.8, 4) is 0 Å². The van der Waals surface area contributed by atoms with Gasteiger partial charge >= 0.3 is 0 Å². The van der Waals surface area contributed by atoms with E-state index in [1.807, 2.05) is 0 Å². The molecule has 0 aliphatic rings. The lowest BCUT2D eigenvalue weighted by molar-refractivity contribution is 0.0601. The van der Waals surface area contributed by atoms with E-state index in [2.05, 4.69) is 0 Å². The van der Waals surface area contributed by atoms with E-state index >= 15 is 0 Å². The minimum atomic E-state index is -3.93. The van der Waals surface area contributed by atoms with Crippen LogP contribution in [0.1, 0.15) is 20.8 Å². The van der Waals surface area contributed by atoms with Crippen LogP contribution in [-0.2, 0) is 10.0 Å². The fourth-order valence-electron chi connectivity index (χ4n) is 1.68. The van der Waals surface area contributed by atoms with E-state index in [9.17, 15) is 17.9 Å². The number of rotatable bonds is 5. The molecule has 1 aromatic carbocycles. The molecule has 1 aromatic rings. The lowest BCUT2D eigenvalue weighted by Crippen LogP contribution is -2.42. The number of aliphatic hydroxyl groups is 1. The molecule has 0 bridgehead atoms. The number of nitrogen functional groups attached to an aromatic ring is 1. The minimum absolute atomic E-state index is 0.0954. The van der Waals surface area contributed by atoms with Gasteiger partial charge in [-0.25, -0.2) is 12.8 Å². The van der Waals surface area contributed by atoms with Gasteiger partial charge in [0.25, 0.3) is 0 Å². The maximum absolute atomic E-state index is 13.4. The average Bonchev–Trinajstić information content (AvgIpc) is 2.28. The van der Waals surface area contributed by atoms with E-state index in [0.29, 0.717) is 0 Å². The molecule has 5 nitrogen and oxygen atoms in total. The van der Waals surface area contributed by atoms with E-state index in [1.165, 1.54) is 26.0 Å². The zero-order valence-corrected chi connectivity index (χ0v) is 12.0. The first kappa shape index (κ1) is 15.9.